The average molecular weight is 163 g/mol. The number of aliphatic hydroxyl groups excluding tert-OH is 1. The molecule has 0 amide bonds. The highest BCUT2D eigenvalue weighted by molar-refractivity contribution is 6.17. The quantitative estimate of drug-likeness (QED) is 0.374. The van der Waals surface area contributed by atoms with Gasteiger partial charge in [-0.15, -0.1) is 11.6 Å². The number of rotatable bonds is 5. The second-order valence-electron chi connectivity index (χ2n) is 1.88. The highest BCUT2D eigenvalue weighted by Gasteiger charge is 1.94. The maximum absolute atomic E-state index is 9.83. The molecule has 0 radical (unpaired) electrons. The fourth-order valence-electron chi connectivity index (χ4n) is 0.493. The van der Waals surface area contributed by atoms with Gasteiger partial charge < -0.3 is 9.90 Å². The first kappa shape index (κ1) is 9.66. The summed E-state index contributed by atoms with van der Waals surface area (Å²) < 4.78 is 0. The number of carbonyl (C=O) groups is 1. The minimum atomic E-state index is -0.638. The summed E-state index contributed by atoms with van der Waals surface area (Å²) in [6.45, 7) is 0. The van der Waals surface area contributed by atoms with Crippen LogP contribution in [0.1, 0.15) is 12.8 Å². The Morgan fingerprint density at radius 3 is 2.80 bits per heavy atom. The van der Waals surface area contributed by atoms with Crippen LogP contribution >= 0.6 is 11.6 Å². The number of aliphatic hydroxyl groups is 1. The molecule has 58 valence electrons. The lowest BCUT2D eigenvalue weighted by molar-refractivity contribution is -0.109. The van der Waals surface area contributed by atoms with Crippen LogP contribution in [0.2, 0.25) is 0 Å². The second-order valence-corrected chi connectivity index (χ2v) is 2.25. The van der Waals surface area contributed by atoms with Crippen LogP contribution in [0.5, 0.6) is 0 Å². The highest BCUT2D eigenvalue weighted by Crippen LogP contribution is 1.93. The molecule has 0 saturated carbocycles. The monoisotopic (exact) mass is 162 g/mol. The molecule has 1 unspecified atom stereocenters. The van der Waals surface area contributed by atoms with Gasteiger partial charge in [-0.25, -0.2) is 0 Å². The van der Waals surface area contributed by atoms with E-state index in [0.29, 0.717) is 12.2 Å². The molecule has 0 heterocycles. The Kier molecular flexibility index (Phi) is 6.55. The molecule has 0 fully saturated rings. The minimum Gasteiger partial charge on any atom is -0.389 e. The summed E-state index contributed by atoms with van der Waals surface area (Å²) in [4.78, 5) is 9.83. The first-order chi connectivity index (χ1) is 4.81. The van der Waals surface area contributed by atoms with Gasteiger partial charge >= 0.3 is 0 Å². The van der Waals surface area contributed by atoms with Crippen LogP contribution < -0.4 is 0 Å². The van der Waals surface area contributed by atoms with Gasteiger partial charge in [-0.1, -0.05) is 12.2 Å². The van der Waals surface area contributed by atoms with Crippen LogP contribution in [0.15, 0.2) is 12.2 Å². The second kappa shape index (κ2) is 6.78. The normalized spacial score (nSPS) is 13.8. The summed E-state index contributed by atoms with van der Waals surface area (Å²) in [5, 5.41) is 8.91. The number of hydrogen-bond acceptors (Lipinski definition) is 2. The predicted molar refractivity (Wildman–Crippen MR) is 41.2 cm³/mol. The van der Waals surface area contributed by atoms with E-state index in [1.165, 1.54) is 0 Å². The Balaban J connectivity index is 3.34. The molecule has 0 saturated heterocycles. The van der Waals surface area contributed by atoms with Crippen molar-refractivity contribution in [1.29, 1.82) is 0 Å². The molecule has 3 heteroatoms. The smallest absolute Gasteiger partial charge is 0.122 e. The predicted octanol–water partition coefficient (Wildman–Crippen LogP) is 1.12. The first-order valence-electron chi connectivity index (χ1n) is 3.15. The number of halogens is 1. The Bertz CT molecular complexity index is 112. The number of carbonyl (C=O) groups excluding carboxylic acids is 1. The molecule has 0 aromatic carbocycles. The lowest BCUT2D eigenvalue weighted by Gasteiger charge is -1.96. The lowest BCUT2D eigenvalue weighted by atomic mass is 10.2. The molecule has 0 aromatic heterocycles. The van der Waals surface area contributed by atoms with Gasteiger partial charge in [0.15, 0.2) is 0 Å². The number of aldehydes is 1. The molecular weight excluding hydrogens is 152 g/mol. The van der Waals surface area contributed by atoms with E-state index in [0.717, 1.165) is 6.42 Å². The van der Waals surface area contributed by atoms with Gasteiger partial charge in [0, 0.05) is 12.3 Å². The van der Waals surface area contributed by atoms with Crippen LogP contribution in [0, 0.1) is 0 Å². The van der Waals surface area contributed by atoms with Crippen molar-refractivity contribution >= 4 is 17.9 Å². The van der Waals surface area contributed by atoms with Crippen molar-refractivity contribution in [1.82, 2.24) is 0 Å². The molecule has 0 aliphatic rings. The van der Waals surface area contributed by atoms with Crippen molar-refractivity contribution < 1.29 is 9.90 Å². The zero-order chi connectivity index (χ0) is 7.82. The van der Waals surface area contributed by atoms with E-state index in [4.69, 9.17) is 16.7 Å². The molecule has 0 spiro atoms. The zero-order valence-electron chi connectivity index (χ0n) is 5.66. The Labute approximate surface area is 65.5 Å². The molecule has 2 nitrogen and oxygen atoms in total. The molecule has 10 heavy (non-hydrogen) atoms. The summed E-state index contributed by atoms with van der Waals surface area (Å²) in [5.41, 5.74) is 0. The van der Waals surface area contributed by atoms with Gasteiger partial charge in [0.25, 0.3) is 0 Å². The molecule has 0 aliphatic heterocycles. The third kappa shape index (κ3) is 5.79. The maximum Gasteiger partial charge on any atom is 0.122 e. The van der Waals surface area contributed by atoms with Gasteiger partial charge in [-0.05, 0) is 6.42 Å². The molecule has 1 N–H and O–H groups in total. The maximum atomic E-state index is 9.83. The zero-order valence-corrected chi connectivity index (χ0v) is 6.42. The molecule has 0 rings (SSSR count). The SMILES string of the molecule is O=CCC(O)C=CCCCl. The van der Waals surface area contributed by atoms with Gasteiger partial charge in [0.1, 0.15) is 6.29 Å². The van der Waals surface area contributed by atoms with Crippen molar-refractivity contribution in [2.75, 3.05) is 5.88 Å². The third-order valence-electron chi connectivity index (χ3n) is 0.972. The van der Waals surface area contributed by atoms with E-state index in [9.17, 15) is 4.79 Å². The first-order valence-corrected chi connectivity index (χ1v) is 3.69. The minimum absolute atomic E-state index is 0.165. The number of alkyl halides is 1. The van der Waals surface area contributed by atoms with Crippen molar-refractivity contribution in [2.45, 2.75) is 18.9 Å². The number of hydrogen-bond donors (Lipinski definition) is 1. The van der Waals surface area contributed by atoms with Gasteiger partial charge in [-0.2, -0.15) is 0 Å². The van der Waals surface area contributed by atoms with Gasteiger partial charge in [0.2, 0.25) is 0 Å². The third-order valence-corrected chi connectivity index (χ3v) is 1.19. The standard InChI is InChI=1S/C7H11ClO2/c8-5-2-1-3-7(10)4-6-9/h1,3,6-7,10H,2,4-5H2. The topological polar surface area (TPSA) is 37.3 Å². The fraction of sp³-hybridized carbons (Fsp3) is 0.571. The number of allylic oxidation sites excluding steroid dienone is 1. The van der Waals surface area contributed by atoms with Crippen LogP contribution in [0.4, 0.5) is 0 Å². The Hall–Kier alpha value is -0.340. The van der Waals surface area contributed by atoms with Crippen LogP contribution in [0.25, 0.3) is 0 Å². The van der Waals surface area contributed by atoms with E-state index in [2.05, 4.69) is 0 Å². The highest BCUT2D eigenvalue weighted by atomic mass is 35.5. The van der Waals surface area contributed by atoms with Crippen molar-refractivity contribution in [3.05, 3.63) is 12.2 Å². The Morgan fingerprint density at radius 2 is 2.30 bits per heavy atom. The lowest BCUT2D eigenvalue weighted by Crippen LogP contribution is -2.01. The average Bonchev–Trinajstić information content (AvgIpc) is 1.89. The van der Waals surface area contributed by atoms with Crippen LogP contribution in [-0.4, -0.2) is 23.4 Å². The van der Waals surface area contributed by atoms with E-state index in [1.807, 2.05) is 0 Å². The van der Waals surface area contributed by atoms with E-state index in [-0.39, 0.29) is 6.42 Å². The summed E-state index contributed by atoms with van der Waals surface area (Å²) in [7, 11) is 0. The largest absolute Gasteiger partial charge is 0.389 e. The summed E-state index contributed by atoms with van der Waals surface area (Å²) in [5.74, 6) is 0.546. The van der Waals surface area contributed by atoms with Crippen LogP contribution in [-0.2, 0) is 4.79 Å². The fourth-order valence-corrected chi connectivity index (χ4v) is 0.619. The molecule has 0 aromatic rings. The molecule has 0 bridgehead atoms. The van der Waals surface area contributed by atoms with Gasteiger partial charge in [-0.3, -0.25) is 0 Å². The molecule has 1 atom stereocenters. The summed E-state index contributed by atoms with van der Waals surface area (Å²) in [6, 6.07) is 0. The van der Waals surface area contributed by atoms with E-state index in [1.54, 1.807) is 12.2 Å². The van der Waals surface area contributed by atoms with Crippen molar-refractivity contribution in [3.63, 3.8) is 0 Å². The van der Waals surface area contributed by atoms with Crippen molar-refractivity contribution in [3.8, 4) is 0 Å². The van der Waals surface area contributed by atoms with E-state index >= 15 is 0 Å². The molecule has 0 aliphatic carbocycles. The van der Waals surface area contributed by atoms with Crippen molar-refractivity contribution in [2.24, 2.45) is 0 Å². The van der Waals surface area contributed by atoms with Gasteiger partial charge in [0.05, 0.1) is 6.10 Å². The van der Waals surface area contributed by atoms with E-state index < -0.39 is 6.10 Å². The Morgan fingerprint density at radius 1 is 1.60 bits per heavy atom. The summed E-state index contributed by atoms with van der Waals surface area (Å²) in [6.07, 6.45) is 4.30. The summed E-state index contributed by atoms with van der Waals surface area (Å²) >= 11 is 5.36. The molecular formula is C7H11ClO2. The van der Waals surface area contributed by atoms with Crippen LogP contribution in [0.3, 0.4) is 0 Å².